The highest BCUT2D eigenvalue weighted by Gasteiger charge is 2.63. The Hall–Kier alpha value is -1.66. The molecule has 1 aliphatic carbocycles. The number of aromatic amines is 1. The lowest BCUT2D eigenvalue weighted by atomic mass is 9.93. The van der Waals surface area contributed by atoms with Crippen LogP contribution in [-0.4, -0.2) is 21.5 Å². The lowest BCUT2D eigenvalue weighted by molar-refractivity contribution is -0.120. The molecular formula is C18H19ClFN3OS. The average molecular weight is 380 g/mol. The minimum Gasteiger partial charge on any atom is -0.354 e. The largest absolute Gasteiger partial charge is 0.354 e. The molecule has 2 atom stereocenters. The second-order valence-electron chi connectivity index (χ2n) is 7.32. The van der Waals surface area contributed by atoms with E-state index >= 15 is 0 Å². The summed E-state index contributed by atoms with van der Waals surface area (Å²) in [5.41, 5.74) is 2.26. The van der Waals surface area contributed by atoms with Crippen LogP contribution in [0.5, 0.6) is 0 Å². The predicted octanol–water partition coefficient (Wildman–Crippen LogP) is 3.84. The number of nitrogens with one attached hydrogen (secondary N) is 2. The van der Waals surface area contributed by atoms with Crippen LogP contribution in [-0.2, 0) is 23.2 Å². The number of halogens is 2. The summed E-state index contributed by atoms with van der Waals surface area (Å²) in [6, 6.07) is 4.80. The molecule has 132 valence electrons. The molecule has 7 heteroatoms. The van der Waals surface area contributed by atoms with Gasteiger partial charge in [-0.25, -0.2) is 4.39 Å². The molecule has 1 aliphatic heterocycles. The number of carbonyl (C=O) groups is 1. The van der Waals surface area contributed by atoms with E-state index in [1.54, 1.807) is 12.1 Å². The number of aromatic nitrogens is 2. The molecule has 1 aromatic heterocycles. The number of nitrogens with zero attached hydrogens (tertiary/aromatic N) is 1. The Morgan fingerprint density at radius 3 is 3.04 bits per heavy atom. The Balaban J connectivity index is 1.68. The zero-order chi connectivity index (χ0) is 17.9. The van der Waals surface area contributed by atoms with Crippen molar-refractivity contribution in [2.75, 3.05) is 0 Å². The maximum Gasteiger partial charge on any atom is 0.226 e. The van der Waals surface area contributed by atoms with Gasteiger partial charge in [0, 0.05) is 40.3 Å². The van der Waals surface area contributed by atoms with Gasteiger partial charge >= 0.3 is 0 Å². The van der Waals surface area contributed by atoms with Crippen LogP contribution in [0, 0.1) is 10.6 Å². The van der Waals surface area contributed by atoms with E-state index in [4.69, 9.17) is 23.8 Å². The minimum absolute atomic E-state index is 0.0401. The third kappa shape index (κ3) is 2.62. The first kappa shape index (κ1) is 16.8. The second kappa shape index (κ2) is 5.68. The molecular weight excluding hydrogens is 361 g/mol. The monoisotopic (exact) mass is 379 g/mol. The Morgan fingerprint density at radius 1 is 1.56 bits per heavy atom. The lowest BCUT2D eigenvalue weighted by Gasteiger charge is -2.14. The lowest BCUT2D eigenvalue weighted by Crippen LogP contribution is -2.31. The molecule has 2 heterocycles. The molecule has 1 saturated carbocycles. The maximum atomic E-state index is 14.4. The standard InChI is InChI=1S/C18H19ClFN3OS/c1-9(2)21-15(24)6-14-16-12-7-18(12,8-23(16)17(25)22-14)11-5-10(19)3-4-13(11)20/h3-5,9,12H,6-8H2,1-2H3,(H,21,24)(H,22,25)/t12-,18+/m0/s1. The topological polar surface area (TPSA) is 49.8 Å². The summed E-state index contributed by atoms with van der Waals surface area (Å²) in [4.78, 5) is 15.3. The van der Waals surface area contributed by atoms with E-state index in [0.29, 0.717) is 21.9 Å². The number of carbonyl (C=O) groups excluding carboxylic acids is 1. The van der Waals surface area contributed by atoms with Gasteiger partial charge in [-0.15, -0.1) is 0 Å². The summed E-state index contributed by atoms with van der Waals surface area (Å²) in [6.07, 6.45) is 1.12. The van der Waals surface area contributed by atoms with E-state index in [0.717, 1.165) is 17.8 Å². The summed E-state index contributed by atoms with van der Waals surface area (Å²) in [7, 11) is 0. The van der Waals surface area contributed by atoms with Gasteiger partial charge in [-0.05, 0) is 56.2 Å². The summed E-state index contributed by atoms with van der Waals surface area (Å²) in [5, 5.41) is 3.43. The number of hydrogen-bond donors (Lipinski definition) is 2. The third-order valence-corrected chi connectivity index (χ3v) is 5.76. The van der Waals surface area contributed by atoms with Crippen molar-refractivity contribution in [1.29, 1.82) is 0 Å². The molecule has 2 aromatic rings. The van der Waals surface area contributed by atoms with Crippen molar-refractivity contribution in [3.05, 3.63) is 50.8 Å². The smallest absolute Gasteiger partial charge is 0.226 e. The third-order valence-electron chi connectivity index (χ3n) is 5.20. The fourth-order valence-corrected chi connectivity index (χ4v) is 4.60. The summed E-state index contributed by atoms with van der Waals surface area (Å²) < 4.78 is 17.0. The second-order valence-corrected chi connectivity index (χ2v) is 8.14. The quantitative estimate of drug-likeness (QED) is 0.793. The maximum absolute atomic E-state index is 14.4. The van der Waals surface area contributed by atoms with Crippen LogP contribution in [0.15, 0.2) is 18.2 Å². The van der Waals surface area contributed by atoms with Gasteiger partial charge in [0.1, 0.15) is 5.82 Å². The van der Waals surface area contributed by atoms with Gasteiger partial charge < -0.3 is 14.9 Å². The first-order valence-electron chi connectivity index (χ1n) is 8.38. The number of fused-ring (bicyclic) bond motifs is 3. The van der Waals surface area contributed by atoms with E-state index in [1.165, 1.54) is 6.07 Å². The molecule has 4 nitrogen and oxygen atoms in total. The molecule has 0 bridgehead atoms. The molecule has 0 unspecified atom stereocenters. The van der Waals surface area contributed by atoms with E-state index < -0.39 is 0 Å². The SMILES string of the molecule is CC(C)NC(=O)Cc1[nH]c(=S)n2c1[C@@H]1C[C@]1(c1cc(Cl)ccc1F)C2. The van der Waals surface area contributed by atoms with E-state index in [1.807, 2.05) is 18.4 Å². The molecule has 0 saturated heterocycles. The molecule has 0 radical (unpaired) electrons. The van der Waals surface area contributed by atoms with Crippen LogP contribution < -0.4 is 5.32 Å². The van der Waals surface area contributed by atoms with Crippen LogP contribution in [0.3, 0.4) is 0 Å². The van der Waals surface area contributed by atoms with Crippen LogP contribution in [0.4, 0.5) is 4.39 Å². The van der Waals surface area contributed by atoms with Crippen molar-refractivity contribution in [3.63, 3.8) is 0 Å². The number of amides is 1. The Labute approximate surface area is 155 Å². The Morgan fingerprint density at radius 2 is 2.32 bits per heavy atom. The first-order chi connectivity index (χ1) is 11.8. The minimum atomic E-state index is -0.281. The van der Waals surface area contributed by atoms with Gasteiger partial charge in [-0.1, -0.05) is 11.6 Å². The molecule has 25 heavy (non-hydrogen) atoms. The average Bonchev–Trinajstić information content (AvgIpc) is 3.01. The zero-order valence-electron chi connectivity index (χ0n) is 14.0. The highest BCUT2D eigenvalue weighted by molar-refractivity contribution is 7.71. The van der Waals surface area contributed by atoms with Crippen LogP contribution in [0.2, 0.25) is 5.02 Å². The van der Waals surface area contributed by atoms with Crippen LogP contribution >= 0.6 is 23.8 Å². The normalized spacial score (nSPS) is 23.5. The molecule has 1 amide bonds. The fourth-order valence-electron chi connectivity index (χ4n) is 4.14. The molecule has 2 N–H and O–H groups in total. The molecule has 2 aliphatic rings. The van der Waals surface area contributed by atoms with Crippen molar-refractivity contribution in [2.24, 2.45) is 0 Å². The molecule has 1 fully saturated rings. The number of rotatable bonds is 4. The van der Waals surface area contributed by atoms with Crippen molar-refractivity contribution in [2.45, 2.75) is 50.6 Å². The Kier molecular flexibility index (Phi) is 3.81. The van der Waals surface area contributed by atoms with Crippen molar-refractivity contribution in [1.82, 2.24) is 14.9 Å². The molecule has 0 spiro atoms. The zero-order valence-corrected chi connectivity index (χ0v) is 15.6. The highest BCUT2D eigenvalue weighted by atomic mass is 35.5. The number of H-pyrrole nitrogens is 1. The predicted molar refractivity (Wildman–Crippen MR) is 97.0 cm³/mol. The van der Waals surface area contributed by atoms with Gasteiger partial charge in [0.2, 0.25) is 5.91 Å². The van der Waals surface area contributed by atoms with E-state index in [-0.39, 0.29) is 35.5 Å². The van der Waals surface area contributed by atoms with Gasteiger partial charge in [-0.3, -0.25) is 4.79 Å². The Bertz CT molecular complexity index is 935. The number of imidazole rings is 1. The summed E-state index contributed by atoms with van der Waals surface area (Å²) in [5.74, 6) is -0.0938. The van der Waals surface area contributed by atoms with Gasteiger partial charge in [-0.2, -0.15) is 0 Å². The fraction of sp³-hybridized carbons (Fsp3) is 0.444. The number of benzene rings is 1. The van der Waals surface area contributed by atoms with Gasteiger partial charge in [0.15, 0.2) is 4.77 Å². The van der Waals surface area contributed by atoms with Crippen molar-refractivity contribution in [3.8, 4) is 0 Å². The summed E-state index contributed by atoms with van der Waals surface area (Å²) in [6.45, 7) is 4.49. The summed E-state index contributed by atoms with van der Waals surface area (Å²) >= 11 is 11.5. The van der Waals surface area contributed by atoms with Crippen molar-refractivity contribution < 1.29 is 9.18 Å². The number of hydrogen-bond acceptors (Lipinski definition) is 2. The van der Waals surface area contributed by atoms with Crippen LogP contribution in [0.25, 0.3) is 0 Å². The van der Waals surface area contributed by atoms with Crippen molar-refractivity contribution >= 4 is 29.7 Å². The molecule has 1 aromatic carbocycles. The van der Waals surface area contributed by atoms with Gasteiger partial charge in [0.05, 0.1) is 6.42 Å². The highest BCUT2D eigenvalue weighted by Crippen LogP contribution is 2.66. The first-order valence-corrected chi connectivity index (χ1v) is 9.17. The van der Waals surface area contributed by atoms with Gasteiger partial charge in [0.25, 0.3) is 0 Å². The molecule has 4 rings (SSSR count). The van der Waals surface area contributed by atoms with E-state index in [2.05, 4.69) is 10.3 Å². The van der Waals surface area contributed by atoms with Crippen LogP contribution in [0.1, 0.15) is 43.1 Å². The van der Waals surface area contributed by atoms with E-state index in [9.17, 15) is 9.18 Å².